The Morgan fingerprint density at radius 1 is 1.32 bits per heavy atom. The maximum Gasteiger partial charge on any atom is 0.119 e. The molecule has 1 aliphatic rings. The van der Waals surface area contributed by atoms with E-state index in [4.69, 9.17) is 4.74 Å². The minimum atomic E-state index is -0.363. The summed E-state index contributed by atoms with van der Waals surface area (Å²) in [6.07, 6.45) is 6.37. The van der Waals surface area contributed by atoms with E-state index < -0.39 is 0 Å². The second-order valence-electron chi connectivity index (χ2n) is 5.33. The van der Waals surface area contributed by atoms with Gasteiger partial charge in [-0.15, -0.1) is 0 Å². The predicted molar refractivity (Wildman–Crippen MR) is 82.0 cm³/mol. The summed E-state index contributed by atoms with van der Waals surface area (Å²) in [4.78, 5) is 0. The predicted octanol–water partition coefficient (Wildman–Crippen LogP) is 4.10. The third-order valence-electron chi connectivity index (χ3n) is 3.88. The summed E-state index contributed by atoms with van der Waals surface area (Å²) in [7, 11) is 1.67. The highest BCUT2D eigenvalue weighted by molar-refractivity contribution is 7.99. The van der Waals surface area contributed by atoms with Crippen LogP contribution in [0.25, 0.3) is 0 Å². The van der Waals surface area contributed by atoms with Crippen molar-refractivity contribution in [2.75, 3.05) is 12.9 Å². The number of aryl methyl sites for hydroxylation is 1. The minimum Gasteiger partial charge on any atom is -0.497 e. The van der Waals surface area contributed by atoms with Crippen LogP contribution in [0.1, 0.15) is 49.3 Å². The van der Waals surface area contributed by atoms with Crippen molar-refractivity contribution < 1.29 is 9.84 Å². The van der Waals surface area contributed by atoms with Crippen LogP contribution in [0, 0.1) is 6.92 Å². The van der Waals surface area contributed by atoms with Crippen molar-refractivity contribution in [2.45, 2.75) is 50.4 Å². The molecular formula is C16H24O2S. The number of hydrogen-bond donors (Lipinski definition) is 1. The van der Waals surface area contributed by atoms with Crippen LogP contribution in [0.4, 0.5) is 0 Å². The first kappa shape index (κ1) is 14.7. The van der Waals surface area contributed by atoms with Gasteiger partial charge in [-0.05, 0) is 43.0 Å². The Morgan fingerprint density at radius 3 is 2.68 bits per heavy atom. The molecule has 2 nitrogen and oxygen atoms in total. The standard InChI is InChI=1S/C16H24O2S/c1-12-10-13(18-2)8-9-15(12)16(17)11-19-14-6-4-3-5-7-14/h8-10,14,16-17H,3-7,11H2,1-2H3. The van der Waals surface area contributed by atoms with E-state index in [9.17, 15) is 5.11 Å². The molecule has 0 aromatic heterocycles. The average Bonchev–Trinajstić information content (AvgIpc) is 2.45. The third-order valence-corrected chi connectivity index (χ3v) is 5.33. The molecule has 1 unspecified atom stereocenters. The van der Waals surface area contributed by atoms with Crippen molar-refractivity contribution in [2.24, 2.45) is 0 Å². The number of benzene rings is 1. The van der Waals surface area contributed by atoms with Gasteiger partial charge in [0.05, 0.1) is 13.2 Å². The summed E-state index contributed by atoms with van der Waals surface area (Å²) in [5.74, 6) is 1.66. The highest BCUT2D eigenvalue weighted by Crippen LogP contribution is 2.32. The zero-order chi connectivity index (χ0) is 13.7. The molecule has 0 radical (unpaired) electrons. The van der Waals surface area contributed by atoms with E-state index in [2.05, 4.69) is 0 Å². The van der Waals surface area contributed by atoms with Gasteiger partial charge in [-0.2, -0.15) is 11.8 Å². The minimum absolute atomic E-state index is 0.363. The van der Waals surface area contributed by atoms with E-state index in [0.717, 1.165) is 27.9 Å². The fourth-order valence-corrected chi connectivity index (χ4v) is 4.00. The Labute approximate surface area is 120 Å². The van der Waals surface area contributed by atoms with Crippen molar-refractivity contribution >= 4 is 11.8 Å². The lowest BCUT2D eigenvalue weighted by molar-refractivity contribution is 0.203. The Morgan fingerprint density at radius 2 is 2.05 bits per heavy atom. The summed E-state index contributed by atoms with van der Waals surface area (Å²) in [5, 5.41) is 11.1. The zero-order valence-electron chi connectivity index (χ0n) is 11.9. The number of thioether (sulfide) groups is 1. The highest BCUT2D eigenvalue weighted by Gasteiger charge is 2.17. The van der Waals surface area contributed by atoms with Gasteiger partial charge < -0.3 is 9.84 Å². The smallest absolute Gasteiger partial charge is 0.119 e. The van der Waals surface area contributed by atoms with Crippen LogP contribution in [0.5, 0.6) is 5.75 Å². The molecule has 0 heterocycles. The summed E-state index contributed by atoms with van der Waals surface area (Å²) in [6.45, 7) is 2.03. The molecular weight excluding hydrogens is 256 g/mol. The number of methoxy groups -OCH3 is 1. The summed E-state index contributed by atoms with van der Waals surface area (Å²) in [6, 6.07) is 5.90. The van der Waals surface area contributed by atoms with Crippen molar-refractivity contribution in [3.63, 3.8) is 0 Å². The van der Waals surface area contributed by atoms with Gasteiger partial charge in [-0.25, -0.2) is 0 Å². The molecule has 0 bridgehead atoms. The SMILES string of the molecule is COc1ccc(C(O)CSC2CCCCC2)c(C)c1. The van der Waals surface area contributed by atoms with E-state index in [-0.39, 0.29) is 6.10 Å². The monoisotopic (exact) mass is 280 g/mol. The maximum atomic E-state index is 10.3. The molecule has 1 fully saturated rings. The molecule has 106 valence electrons. The van der Waals surface area contributed by atoms with Crippen LogP contribution in [0.3, 0.4) is 0 Å². The van der Waals surface area contributed by atoms with Crippen LogP contribution in [0.15, 0.2) is 18.2 Å². The number of aliphatic hydroxyl groups excluding tert-OH is 1. The van der Waals surface area contributed by atoms with Crippen molar-refractivity contribution in [1.82, 2.24) is 0 Å². The fraction of sp³-hybridized carbons (Fsp3) is 0.625. The van der Waals surface area contributed by atoms with Crippen molar-refractivity contribution in [3.8, 4) is 5.75 Å². The molecule has 3 heteroatoms. The van der Waals surface area contributed by atoms with Gasteiger partial charge in [0, 0.05) is 11.0 Å². The van der Waals surface area contributed by atoms with Gasteiger partial charge in [0.2, 0.25) is 0 Å². The number of rotatable bonds is 5. The van der Waals surface area contributed by atoms with E-state index in [1.807, 2.05) is 36.9 Å². The maximum absolute atomic E-state index is 10.3. The lowest BCUT2D eigenvalue weighted by atomic mass is 10.0. The van der Waals surface area contributed by atoms with Gasteiger partial charge in [-0.3, -0.25) is 0 Å². The summed E-state index contributed by atoms with van der Waals surface area (Å²) in [5.41, 5.74) is 2.14. The second kappa shape index (κ2) is 7.20. The normalized spacial score (nSPS) is 18.3. The molecule has 0 spiro atoms. The Bertz CT molecular complexity index is 400. The quantitative estimate of drug-likeness (QED) is 0.880. The number of hydrogen-bond acceptors (Lipinski definition) is 3. The molecule has 1 saturated carbocycles. The number of ether oxygens (including phenoxy) is 1. The average molecular weight is 280 g/mol. The van der Waals surface area contributed by atoms with E-state index in [1.54, 1.807) is 7.11 Å². The first-order chi connectivity index (χ1) is 9.20. The van der Waals surface area contributed by atoms with Crippen molar-refractivity contribution in [3.05, 3.63) is 29.3 Å². The summed E-state index contributed by atoms with van der Waals surface area (Å²) >= 11 is 1.94. The molecule has 0 aliphatic heterocycles. The van der Waals surface area contributed by atoms with E-state index in [0.29, 0.717) is 0 Å². The molecule has 19 heavy (non-hydrogen) atoms. The Kier molecular flexibility index (Phi) is 5.59. The number of aliphatic hydroxyl groups is 1. The molecule has 1 atom stereocenters. The second-order valence-corrected chi connectivity index (χ2v) is 6.67. The first-order valence-corrected chi connectivity index (χ1v) is 8.20. The topological polar surface area (TPSA) is 29.5 Å². The highest BCUT2D eigenvalue weighted by atomic mass is 32.2. The van der Waals surface area contributed by atoms with Crippen LogP contribution < -0.4 is 4.74 Å². The van der Waals surface area contributed by atoms with Crippen LogP contribution >= 0.6 is 11.8 Å². The largest absolute Gasteiger partial charge is 0.497 e. The fourth-order valence-electron chi connectivity index (χ4n) is 2.70. The van der Waals surface area contributed by atoms with Crippen LogP contribution in [0.2, 0.25) is 0 Å². The molecule has 1 aromatic carbocycles. The van der Waals surface area contributed by atoms with Gasteiger partial charge in [0.1, 0.15) is 5.75 Å². The molecule has 2 rings (SSSR count). The van der Waals surface area contributed by atoms with Crippen molar-refractivity contribution in [1.29, 1.82) is 0 Å². The molecule has 1 N–H and O–H groups in total. The Balaban J connectivity index is 1.89. The van der Waals surface area contributed by atoms with Crippen LogP contribution in [-0.4, -0.2) is 23.2 Å². The lowest BCUT2D eigenvalue weighted by Crippen LogP contribution is -2.12. The van der Waals surface area contributed by atoms with Gasteiger partial charge >= 0.3 is 0 Å². The molecule has 0 amide bonds. The van der Waals surface area contributed by atoms with E-state index in [1.165, 1.54) is 32.1 Å². The summed E-state index contributed by atoms with van der Waals surface area (Å²) < 4.78 is 5.20. The zero-order valence-corrected chi connectivity index (χ0v) is 12.7. The Hall–Kier alpha value is -0.670. The van der Waals surface area contributed by atoms with Crippen LogP contribution in [-0.2, 0) is 0 Å². The molecule has 1 aromatic rings. The first-order valence-electron chi connectivity index (χ1n) is 7.15. The molecule has 0 saturated heterocycles. The van der Waals surface area contributed by atoms with Gasteiger partial charge in [0.25, 0.3) is 0 Å². The third kappa shape index (κ3) is 4.15. The molecule has 1 aliphatic carbocycles. The lowest BCUT2D eigenvalue weighted by Gasteiger charge is -2.23. The van der Waals surface area contributed by atoms with Gasteiger partial charge in [0.15, 0.2) is 0 Å². The van der Waals surface area contributed by atoms with Gasteiger partial charge in [-0.1, -0.05) is 25.3 Å². The van der Waals surface area contributed by atoms with E-state index >= 15 is 0 Å².